The summed E-state index contributed by atoms with van der Waals surface area (Å²) in [5.74, 6) is 0.442. The Morgan fingerprint density at radius 1 is 1.00 bits per heavy atom. The van der Waals surface area contributed by atoms with Gasteiger partial charge in [0, 0.05) is 51.6 Å². The summed E-state index contributed by atoms with van der Waals surface area (Å²) in [4.78, 5) is 30.6. The molecule has 3 heterocycles. The van der Waals surface area contributed by atoms with Crippen LogP contribution in [0.15, 0.2) is 0 Å². The van der Waals surface area contributed by atoms with Gasteiger partial charge < -0.3 is 14.5 Å². The van der Waals surface area contributed by atoms with Crippen LogP contribution in [0.1, 0.15) is 39.0 Å². The third-order valence-corrected chi connectivity index (χ3v) is 5.54. The second-order valence-electron chi connectivity index (χ2n) is 6.91. The maximum atomic E-state index is 12.3. The van der Waals surface area contributed by atoms with Crippen LogP contribution in [-0.2, 0) is 14.3 Å². The second-order valence-corrected chi connectivity index (χ2v) is 6.91. The van der Waals surface area contributed by atoms with Crippen LogP contribution in [0, 0.1) is 0 Å². The van der Waals surface area contributed by atoms with Gasteiger partial charge in [-0.1, -0.05) is 0 Å². The highest BCUT2D eigenvalue weighted by molar-refractivity contribution is 5.76. The Kier molecular flexibility index (Phi) is 5.54. The molecular formula is C17H29N3O3. The summed E-state index contributed by atoms with van der Waals surface area (Å²) in [7, 11) is 0. The number of hydrogen-bond acceptors (Lipinski definition) is 4. The molecule has 0 aromatic rings. The van der Waals surface area contributed by atoms with E-state index >= 15 is 0 Å². The zero-order chi connectivity index (χ0) is 16.2. The monoisotopic (exact) mass is 323 g/mol. The summed E-state index contributed by atoms with van der Waals surface area (Å²) in [5, 5.41) is 0. The number of morpholine rings is 1. The van der Waals surface area contributed by atoms with E-state index in [1.807, 2.05) is 9.80 Å². The van der Waals surface area contributed by atoms with Gasteiger partial charge in [-0.25, -0.2) is 0 Å². The van der Waals surface area contributed by atoms with Crippen molar-refractivity contribution in [2.24, 2.45) is 0 Å². The first-order valence-electron chi connectivity index (χ1n) is 9.03. The third kappa shape index (κ3) is 3.86. The molecular weight excluding hydrogens is 294 g/mol. The van der Waals surface area contributed by atoms with Gasteiger partial charge in [0.2, 0.25) is 11.8 Å². The fourth-order valence-electron chi connectivity index (χ4n) is 4.36. The van der Waals surface area contributed by atoms with Gasteiger partial charge >= 0.3 is 0 Å². The van der Waals surface area contributed by atoms with Crippen molar-refractivity contribution in [1.82, 2.24) is 14.7 Å². The zero-order valence-corrected chi connectivity index (χ0v) is 14.2. The molecule has 0 aromatic heterocycles. The molecule has 2 amide bonds. The maximum absolute atomic E-state index is 12.3. The number of ether oxygens (including phenoxy) is 1. The van der Waals surface area contributed by atoms with Gasteiger partial charge in [0.05, 0.1) is 13.2 Å². The fourth-order valence-corrected chi connectivity index (χ4v) is 4.36. The van der Waals surface area contributed by atoms with Crippen LogP contribution < -0.4 is 0 Å². The van der Waals surface area contributed by atoms with E-state index in [9.17, 15) is 9.59 Å². The largest absolute Gasteiger partial charge is 0.378 e. The summed E-state index contributed by atoms with van der Waals surface area (Å²) < 4.78 is 5.30. The highest BCUT2D eigenvalue weighted by Gasteiger charge is 2.38. The molecule has 3 rings (SSSR count). The van der Waals surface area contributed by atoms with Crippen molar-refractivity contribution >= 4 is 11.8 Å². The summed E-state index contributed by atoms with van der Waals surface area (Å²) in [6.07, 6.45) is 5.14. The Hall–Kier alpha value is -1.14. The molecule has 3 aliphatic rings. The number of amides is 2. The van der Waals surface area contributed by atoms with E-state index in [0.717, 1.165) is 52.0 Å². The van der Waals surface area contributed by atoms with E-state index in [0.29, 0.717) is 31.7 Å². The standard InChI is InChI=1S/C17H29N3O3/c1-14(21)20-8-3-5-16(20)15-4-2-7-18(15)9-6-17(22)19-10-12-23-13-11-19/h15-16H,2-13H2,1H3. The predicted molar refractivity (Wildman–Crippen MR) is 87.0 cm³/mol. The molecule has 0 spiro atoms. The molecule has 0 aromatic carbocycles. The lowest BCUT2D eigenvalue weighted by Crippen LogP contribution is -2.48. The van der Waals surface area contributed by atoms with Crippen LogP contribution in [0.5, 0.6) is 0 Å². The molecule has 2 atom stereocenters. The van der Waals surface area contributed by atoms with Gasteiger partial charge in [0.25, 0.3) is 0 Å². The topological polar surface area (TPSA) is 53.1 Å². The molecule has 3 aliphatic heterocycles. The van der Waals surface area contributed by atoms with E-state index < -0.39 is 0 Å². The Morgan fingerprint density at radius 3 is 2.43 bits per heavy atom. The van der Waals surface area contributed by atoms with Crippen molar-refractivity contribution in [3.05, 3.63) is 0 Å². The zero-order valence-electron chi connectivity index (χ0n) is 14.2. The molecule has 0 saturated carbocycles. The SMILES string of the molecule is CC(=O)N1CCCC1C1CCCN1CCC(=O)N1CCOCC1. The molecule has 0 bridgehead atoms. The van der Waals surface area contributed by atoms with E-state index in [4.69, 9.17) is 4.74 Å². The summed E-state index contributed by atoms with van der Waals surface area (Å²) in [6, 6.07) is 0.798. The van der Waals surface area contributed by atoms with E-state index in [1.54, 1.807) is 6.92 Å². The average Bonchev–Trinajstić information content (AvgIpc) is 3.21. The van der Waals surface area contributed by atoms with Crippen molar-refractivity contribution in [3.8, 4) is 0 Å². The first-order valence-corrected chi connectivity index (χ1v) is 9.03. The highest BCUT2D eigenvalue weighted by atomic mass is 16.5. The van der Waals surface area contributed by atoms with Crippen molar-refractivity contribution < 1.29 is 14.3 Å². The van der Waals surface area contributed by atoms with E-state index in [1.165, 1.54) is 6.42 Å². The Morgan fingerprint density at radius 2 is 1.70 bits per heavy atom. The molecule has 0 aliphatic carbocycles. The van der Waals surface area contributed by atoms with Gasteiger partial charge in [-0.05, 0) is 32.2 Å². The molecule has 6 nitrogen and oxygen atoms in total. The van der Waals surface area contributed by atoms with Crippen LogP contribution in [0.3, 0.4) is 0 Å². The van der Waals surface area contributed by atoms with Crippen LogP contribution in [0.25, 0.3) is 0 Å². The molecule has 3 fully saturated rings. The van der Waals surface area contributed by atoms with Crippen molar-refractivity contribution in [2.45, 2.75) is 51.1 Å². The summed E-state index contributed by atoms with van der Waals surface area (Å²) in [5.41, 5.74) is 0. The minimum atomic E-state index is 0.198. The number of rotatable bonds is 4. The van der Waals surface area contributed by atoms with Crippen LogP contribution in [0.4, 0.5) is 0 Å². The van der Waals surface area contributed by atoms with Crippen LogP contribution >= 0.6 is 0 Å². The van der Waals surface area contributed by atoms with Gasteiger partial charge in [0.15, 0.2) is 0 Å². The summed E-state index contributed by atoms with van der Waals surface area (Å²) >= 11 is 0. The van der Waals surface area contributed by atoms with E-state index in [-0.39, 0.29) is 11.8 Å². The maximum Gasteiger partial charge on any atom is 0.224 e. The number of hydrogen-bond donors (Lipinski definition) is 0. The van der Waals surface area contributed by atoms with Crippen molar-refractivity contribution in [2.75, 3.05) is 45.9 Å². The molecule has 23 heavy (non-hydrogen) atoms. The quantitative estimate of drug-likeness (QED) is 0.765. The molecule has 130 valence electrons. The number of carbonyl (C=O) groups excluding carboxylic acids is 2. The average molecular weight is 323 g/mol. The van der Waals surface area contributed by atoms with Gasteiger partial charge in [0.1, 0.15) is 0 Å². The van der Waals surface area contributed by atoms with Crippen molar-refractivity contribution in [1.29, 1.82) is 0 Å². The highest BCUT2D eigenvalue weighted by Crippen LogP contribution is 2.30. The second kappa shape index (κ2) is 7.62. The van der Waals surface area contributed by atoms with E-state index in [2.05, 4.69) is 4.90 Å². The Bertz CT molecular complexity index is 437. The lowest BCUT2D eigenvalue weighted by Gasteiger charge is -2.35. The smallest absolute Gasteiger partial charge is 0.224 e. The lowest BCUT2D eigenvalue weighted by atomic mass is 10.0. The fraction of sp³-hybridized carbons (Fsp3) is 0.882. The van der Waals surface area contributed by atoms with Gasteiger partial charge in [-0.3, -0.25) is 14.5 Å². The van der Waals surface area contributed by atoms with Gasteiger partial charge in [-0.2, -0.15) is 0 Å². The Labute approximate surface area is 138 Å². The first-order chi connectivity index (χ1) is 11.2. The van der Waals surface area contributed by atoms with Gasteiger partial charge in [-0.15, -0.1) is 0 Å². The number of carbonyl (C=O) groups is 2. The normalized spacial score (nSPS) is 29.3. The Balaban J connectivity index is 1.52. The van der Waals surface area contributed by atoms with Crippen molar-refractivity contribution in [3.63, 3.8) is 0 Å². The minimum Gasteiger partial charge on any atom is -0.378 e. The molecule has 2 unspecified atom stereocenters. The first kappa shape index (κ1) is 16.7. The van der Waals surface area contributed by atoms with Crippen LogP contribution in [0.2, 0.25) is 0 Å². The predicted octanol–water partition coefficient (Wildman–Crippen LogP) is 0.711. The third-order valence-electron chi connectivity index (χ3n) is 5.54. The number of nitrogens with zero attached hydrogens (tertiary/aromatic N) is 3. The number of likely N-dealkylation sites (tertiary alicyclic amines) is 2. The molecule has 0 radical (unpaired) electrons. The minimum absolute atomic E-state index is 0.198. The molecule has 3 saturated heterocycles. The summed E-state index contributed by atoms with van der Waals surface area (Å²) in [6.45, 7) is 7.23. The molecule has 0 N–H and O–H groups in total. The molecule has 6 heteroatoms. The van der Waals surface area contributed by atoms with Crippen LogP contribution in [-0.4, -0.2) is 84.5 Å². The lowest BCUT2D eigenvalue weighted by molar-refractivity contribution is -0.136.